The molecule has 1 aliphatic carbocycles. The summed E-state index contributed by atoms with van der Waals surface area (Å²) in [7, 11) is 0. The molecule has 0 saturated heterocycles. The van der Waals surface area contributed by atoms with Crippen molar-refractivity contribution in [2.24, 2.45) is 0 Å². The molecule has 4 nitrogen and oxygen atoms in total. The quantitative estimate of drug-likeness (QED) is 0.872. The first-order valence-electron chi connectivity index (χ1n) is 8.06. The van der Waals surface area contributed by atoms with Gasteiger partial charge < -0.3 is 10.6 Å². The fraction of sp³-hybridized carbons (Fsp3) is 0.444. The minimum absolute atomic E-state index is 0.559. The molecule has 1 heterocycles. The van der Waals surface area contributed by atoms with Gasteiger partial charge in [-0.05, 0) is 56.9 Å². The Kier molecular flexibility index (Phi) is 4.27. The molecular weight excluding hydrogens is 272 g/mol. The number of anilines is 3. The Hall–Kier alpha value is -2.10. The van der Waals surface area contributed by atoms with Crippen LogP contribution in [0.15, 0.2) is 24.3 Å². The average Bonchev–Trinajstić information content (AvgIpc) is 2.89. The van der Waals surface area contributed by atoms with E-state index in [-0.39, 0.29) is 0 Å². The van der Waals surface area contributed by atoms with E-state index in [0.29, 0.717) is 12.0 Å². The lowest BCUT2D eigenvalue weighted by Crippen LogP contribution is -2.16. The summed E-state index contributed by atoms with van der Waals surface area (Å²) in [6, 6.07) is 8.97. The smallest absolute Gasteiger partial charge is 0.229 e. The molecule has 3 rings (SSSR count). The molecular formula is C18H24N4. The molecule has 2 N–H and O–H groups in total. The summed E-state index contributed by atoms with van der Waals surface area (Å²) < 4.78 is 0. The number of aromatic nitrogens is 2. The number of aryl methyl sites for hydroxylation is 3. The molecule has 0 bridgehead atoms. The van der Waals surface area contributed by atoms with Crippen molar-refractivity contribution in [3.63, 3.8) is 0 Å². The number of hydrogen-bond donors (Lipinski definition) is 2. The van der Waals surface area contributed by atoms with Crippen LogP contribution in [0.4, 0.5) is 17.5 Å². The molecule has 1 saturated carbocycles. The number of benzene rings is 1. The fourth-order valence-electron chi connectivity index (χ4n) is 3.15. The zero-order valence-corrected chi connectivity index (χ0v) is 13.6. The van der Waals surface area contributed by atoms with Gasteiger partial charge in [0.2, 0.25) is 5.95 Å². The van der Waals surface area contributed by atoms with Gasteiger partial charge in [0.1, 0.15) is 5.82 Å². The molecule has 0 amide bonds. The molecule has 22 heavy (non-hydrogen) atoms. The van der Waals surface area contributed by atoms with Crippen molar-refractivity contribution in [3.05, 3.63) is 41.1 Å². The van der Waals surface area contributed by atoms with E-state index in [4.69, 9.17) is 0 Å². The number of nitrogens with one attached hydrogen (secondary N) is 2. The molecule has 0 spiro atoms. The summed E-state index contributed by atoms with van der Waals surface area (Å²) in [6.07, 6.45) is 5.11. The van der Waals surface area contributed by atoms with Crippen LogP contribution < -0.4 is 10.6 Å². The van der Waals surface area contributed by atoms with Gasteiger partial charge in [-0.1, -0.05) is 18.9 Å². The Morgan fingerprint density at radius 2 is 1.59 bits per heavy atom. The van der Waals surface area contributed by atoms with Crippen molar-refractivity contribution < 1.29 is 0 Å². The van der Waals surface area contributed by atoms with E-state index >= 15 is 0 Å². The van der Waals surface area contributed by atoms with Gasteiger partial charge in [-0.15, -0.1) is 0 Å². The molecule has 116 valence electrons. The van der Waals surface area contributed by atoms with E-state index in [1.807, 2.05) is 13.0 Å². The number of hydrogen-bond acceptors (Lipinski definition) is 4. The third-order valence-electron chi connectivity index (χ3n) is 4.04. The van der Waals surface area contributed by atoms with Gasteiger partial charge in [-0.2, -0.15) is 4.98 Å². The summed E-state index contributed by atoms with van der Waals surface area (Å²) in [5.41, 5.74) is 4.48. The Morgan fingerprint density at radius 1 is 0.909 bits per heavy atom. The second-order valence-electron chi connectivity index (χ2n) is 6.35. The zero-order valence-electron chi connectivity index (χ0n) is 13.6. The largest absolute Gasteiger partial charge is 0.367 e. The highest BCUT2D eigenvalue weighted by Crippen LogP contribution is 2.23. The van der Waals surface area contributed by atoms with Gasteiger partial charge in [-0.3, -0.25) is 0 Å². The van der Waals surface area contributed by atoms with Gasteiger partial charge in [0.25, 0.3) is 0 Å². The van der Waals surface area contributed by atoms with E-state index in [2.05, 4.69) is 52.6 Å². The highest BCUT2D eigenvalue weighted by molar-refractivity contribution is 5.57. The Morgan fingerprint density at radius 3 is 2.27 bits per heavy atom. The minimum Gasteiger partial charge on any atom is -0.367 e. The lowest BCUT2D eigenvalue weighted by atomic mass is 10.1. The predicted molar refractivity (Wildman–Crippen MR) is 91.8 cm³/mol. The van der Waals surface area contributed by atoms with Crippen molar-refractivity contribution in [1.29, 1.82) is 0 Å². The SMILES string of the molecule is Cc1cc(C)cc(Nc2nc(C)cc(NC3CCCC3)n2)c1. The fourth-order valence-corrected chi connectivity index (χ4v) is 3.15. The zero-order chi connectivity index (χ0) is 15.5. The number of nitrogens with zero attached hydrogens (tertiary/aromatic N) is 2. The van der Waals surface area contributed by atoms with Crippen molar-refractivity contribution >= 4 is 17.5 Å². The third kappa shape index (κ3) is 3.75. The molecule has 1 aliphatic rings. The molecule has 0 aliphatic heterocycles. The van der Waals surface area contributed by atoms with E-state index in [0.717, 1.165) is 17.2 Å². The molecule has 0 atom stereocenters. The van der Waals surface area contributed by atoms with E-state index in [1.165, 1.54) is 36.8 Å². The second kappa shape index (κ2) is 6.34. The van der Waals surface area contributed by atoms with Crippen LogP contribution in [0.5, 0.6) is 0 Å². The van der Waals surface area contributed by atoms with Crippen LogP contribution in [-0.2, 0) is 0 Å². The summed E-state index contributed by atoms with van der Waals surface area (Å²) in [6.45, 7) is 6.21. The molecule has 1 aromatic carbocycles. The van der Waals surface area contributed by atoms with Crippen molar-refractivity contribution in [2.75, 3.05) is 10.6 Å². The van der Waals surface area contributed by atoms with Crippen LogP contribution in [0.1, 0.15) is 42.5 Å². The maximum Gasteiger partial charge on any atom is 0.229 e. The molecule has 0 unspecified atom stereocenters. The highest BCUT2D eigenvalue weighted by Gasteiger charge is 2.15. The summed E-state index contributed by atoms with van der Waals surface area (Å²) in [5, 5.41) is 6.87. The standard InChI is InChI=1S/C18H24N4/c1-12-8-13(2)10-16(9-12)21-18-19-14(3)11-17(22-18)20-15-6-4-5-7-15/h8-11,15H,4-7H2,1-3H3,(H2,19,20,21,22). The van der Waals surface area contributed by atoms with Crippen LogP contribution in [0.3, 0.4) is 0 Å². The highest BCUT2D eigenvalue weighted by atomic mass is 15.1. The van der Waals surface area contributed by atoms with Gasteiger partial charge in [0.05, 0.1) is 0 Å². The third-order valence-corrected chi connectivity index (χ3v) is 4.04. The maximum absolute atomic E-state index is 4.62. The van der Waals surface area contributed by atoms with Crippen LogP contribution in [0.25, 0.3) is 0 Å². The topological polar surface area (TPSA) is 49.8 Å². The van der Waals surface area contributed by atoms with E-state index < -0.39 is 0 Å². The Balaban J connectivity index is 1.79. The Labute approximate surface area is 132 Å². The summed E-state index contributed by atoms with van der Waals surface area (Å²) in [5.74, 6) is 1.58. The molecule has 2 aromatic rings. The van der Waals surface area contributed by atoms with Gasteiger partial charge in [0, 0.05) is 23.5 Å². The summed E-state index contributed by atoms with van der Waals surface area (Å²) >= 11 is 0. The van der Waals surface area contributed by atoms with Crippen LogP contribution in [0.2, 0.25) is 0 Å². The van der Waals surface area contributed by atoms with Gasteiger partial charge >= 0.3 is 0 Å². The molecule has 1 aromatic heterocycles. The van der Waals surface area contributed by atoms with Crippen LogP contribution >= 0.6 is 0 Å². The average molecular weight is 296 g/mol. The molecule has 1 fully saturated rings. The lowest BCUT2D eigenvalue weighted by Gasteiger charge is -2.14. The lowest BCUT2D eigenvalue weighted by molar-refractivity contribution is 0.749. The molecule has 0 radical (unpaired) electrons. The summed E-state index contributed by atoms with van der Waals surface area (Å²) in [4.78, 5) is 9.12. The number of rotatable bonds is 4. The first kappa shape index (κ1) is 14.8. The van der Waals surface area contributed by atoms with Gasteiger partial charge in [0.15, 0.2) is 0 Å². The monoisotopic (exact) mass is 296 g/mol. The van der Waals surface area contributed by atoms with E-state index in [1.54, 1.807) is 0 Å². The normalized spacial score (nSPS) is 15.0. The maximum atomic E-state index is 4.62. The Bertz CT molecular complexity index is 640. The molecule has 4 heteroatoms. The first-order valence-corrected chi connectivity index (χ1v) is 8.06. The first-order chi connectivity index (χ1) is 10.6. The predicted octanol–water partition coefficient (Wildman–Crippen LogP) is 4.50. The second-order valence-corrected chi connectivity index (χ2v) is 6.35. The van der Waals surface area contributed by atoms with Crippen molar-refractivity contribution in [3.8, 4) is 0 Å². The van der Waals surface area contributed by atoms with Crippen LogP contribution in [-0.4, -0.2) is 16.0 Å². The van der Waals surface area contributed by atoms with Gasteiger partial charge in [-0.25, -0.2) is 4.98 Å². The van der Waals surface area contributed by atoms with Crippen LogP contribution in [0, 0.1) is 20.8 Å². The van der Waals surface area contributed by atoms with Crippen molar-refractivity contribution in [2.45, 2.75) is 52.5 Å². The van der Waals surface area contributed by atoms with E-state index in [9.17, 15) is 0 Å². The van der Waals surface area contributed by atoms with Crippen molar-refractivity contribution in [1.82, 2.24) is 9.97 Å². The minimum atomic E-state index is 0.559.